The molecule has 0 spiro atoms. The second-order valence-electron chi connectivity index (χ2n) is 2.48. The molecule has 0 saturated heterocycles. The molecular formula is C10H16. The van der Waals surface area contributed by atoms with Crippen LogP contribution in [0.5, 0.6) is 0 Å². The molecule has 0 aromatic heterocycles. The lowest BCUT2D eigenvalue weighted by atomic mass is 10.2. The molecule has 0 heterocycles. The van der Waals surface area contributed by atoms with Gasteiger partial charge in [0.15, 0.2) is 0 Å². The minimum Gasteiger partial charge on any atom is -0.0988 e. The highest BCUT2D eigenvalue weighted by molar-refractivity contribution is 5.21. The molecule has 0 fully saturated rings. The highest BCUT2D eigenvalue weighted by Crippen LogP contribution is 2.00. The van der Waals surface area contributed by atoms with Crippen molar-refractivity contribution in [1.82, 2.24) is 0 Å². The maximum Gasteiger partial charge on any atom is -0.0349 e. The first-order valence-corrected chi connectivity index (χ1v) is 3.67. The lowest BCUT2D eigenvalue weighted by Gasteiger charge is -1.90. The van der Waals surface area contributed by atoms with Crippen LogP contribution in [0.15, 0.2) is 36.0 Å². The van der Waals surface area contributed by atoms with E-state index in [1.54, 1.807) is 0 Å². The summed E-state index contributed by atoms with van der Waals surface area (Å²) in [6.07, 6.45) is 7.21. The topological polar surface area (TPSA) is 0 Å². The van der Waals surface area contributed by atoms with E-state index in [0.29, 0.717) is 0 Å². The Morgan fingerprint density at radius 3 is 2.30 bits per heavy atom. The highest BCUT2D eigenvalue weighted by Gasteiger charge is 1.79. The van der Waals surface area contributed by atoms with E-state index in [-0.39, 0.29) is 0 Å². The van der Waals surface area contributed by atoms with E-state index in [9.17, 15) is 0 Å². The quantitative estimate of drug-likeness (QED) is 0.521. The molecule has 0 atom stereocenters. The second kappa shape index (κ2) is 5.04. The third-order valence-corrected chi connectivity index (χ3v) is 1.51. The Kier molecular flexibility index (Phi) is 4.65. The van der Waals surface area contributed by atoms with E-state index in [1.807, 2.05) is 13.0 Å². The van der Waals surface area contributed by atoms with Gasteiger partial charge in [0.05, 0.1) is 0 Å². The molecule has 0 bridgehead atoms. The molecular weight excluding hydrogens is 120 g/mol. The fraction of sp³-hybridized carbons (Fsp3) is 0.400. The van der Waals surface area contributed by atoms with Crippen molar-refractivity contribution in [2.75, 3.05) is 0 Å². The summed E-state index contributed by atoms with van der Waals surface area (Å²) < 4.78 is 0. The van der Waals surface area contributed by atoms with E-state index in [4.69, 9.17) is 0 Å². The van der Waals surface area contributed by atoms with Crippen LogP contribution >= 0.6 is 0 Å². The number of hydrogen-bond acceptors (Lipinski definition) is 0. The molecule has 0 aromatic rings. The number of allylic oxidation sites excluding steroid dienone is 5. The zero-order valence-corrected chi connectivity index (χ0v) is 7.15. The molecule has 0 heteroatoms. The standard InChI is InChI=1S/C10H16/c1-5-9(3)7-8-10(4)6-2/h5,7-8H,1,6H2,2-4H3/b9-7-,10-8-. The molecule has 0 aliphatic carbocycles. The molecule has 56 valence electrons. The van der Waals surface area contributed by atoms with Gasteiger partial charge in [-0.25, -0.2) is 0 Å². The van der Waals surface area contributed by atoms with Crippen LogP contribution in [0.2, 0.25) is 0 Å². The molecule has 0 unspecified atom stereocenters. The normalized spacial score (nSPS) is 13.5. The molecule has 0 saturated carbocycles. The average Bonchev–Trinajstić information content (AvgIpc) is 1.99. The molecule has 0 rings (SSSR count). The third kappa shape index (κ3) is 4.13. The zero-order chi connectivity index (χ0) is 7.98. The SMILES string of the molecule is C=C/C(C)=C\C=C(\C)CC. The predicted molar refractivity (Wildman–Crippen MR) is 48.0 cm³/mol. The largest absolute Gasteiger partial charge is 0.0988 e. The molecule has 10 heavy (non-hydrogen) atoms. The smallest absolute Gasteiger partial charge is 0.0349 e. The third-order valence-electron chi connectivity index (χ3n) is 1.51. The Morgan fingerprint density at radius 1 is 1.30 bits per heavy atom. The van der Waals surface area contributed by atoms with Crippen LogP contribution in [0.25, 0.3) is 0 Å². The van der Waals surface area contributed by atoms with E-state index in [2.05, 4.69) is 32.6 Å². The number of rotatable bonds is 3. The molecule has 0 radical (unpaired) electrons. The van der Waals surface area contributed by atoms with Gasteiger partial charge in [-0.05, 0) is 20.3 Å². The summed E-state index contributed by atoms with van der Waals surface area (Å²) in [4.78, 5) is 0. The molecule has 0 N–H and O–H groups in total. The van der Waals surface area contributed by atoms with Crippen molar-refractivity contribution in [3.8, 4) is 0 Å². The van der Waals surface area contributed by atoms with Crippen LogP contribution in [-0.4, -0.2) is 0 Å². The summed E-state index contributed by atoms with van der Waals surface area (Å²) >= 11 is 0. The Balaban J connectivity index is 4.03. The fourth-order valence-corrected chi connectivity index (χ4v) is 0.460. The Labute approximate surface area is 64.0 Å². The van der Waals surface area contributed by atoms with Crippen LogP contribution in [0, 0.1) is 0 Å². The van der Waals surface area contributed by atoms with Gasteiger partial charge in [0.2, 0.25) is 0 Å². The zero-order valence-electron chi connectivity index (χ0n) is 7.15. The Hall–Kier alpha value is -0.780. The van der Waals surface area contributed by atoms with Crippen molar-refractivity contribution in [2.24, 2.45) is 0 Å². The average molecular weight is 136 g/mol. The van der Waals surface area contributed by atoms with Gasteiger partial charge in [0, 0.05) is 0 Å². The predicted octanol–water partition coefficient (Wildman–Crippen LogP) is 3.48. The van der Waals surface area contributed by atoms with Gasteiger partial charge in [-0.15, -0.1) is 0 Å². The maximum atomic E-state index is 3.67. The first-order chi connectivity index (χ1) is 4.70. The van der Waals surface area contributed by atoms with Crippen LogP contribution < -0.4 is 0 Å². The molecule has 0 aromatic carbocycles. The van der Waals surface area contributed by atoms with Crippen LogP contribution in [0.3, 0.4) is 0 Å². The minimum absolute atomic E-state index is 1.13. The summed E-state index contributed by atoms with van der Waals surface area (Å²) in [7, 11) is 0. The molecule has 0 aliphatic heterocycles. The summed E-state index contributed by atoms with van der Waals surface area (Å²) in [5, 5.41) is 0. The maximum absolute atomic E-state index is 3.67. The van der Waals surface area contributed by atoms with E-state index >= 15 is 0 Å². The van der Waals surface area contributed by atoms with E-state index in [1.165, 1.54) is 11.1 Å². The van der Waals surface area contributed by atoms with Crippen molar-refractivity contribution in [1.29, 1.82) is 0 Å². The van der Waals surface area contributed by atoms with Gasteiger partial charge in [-0.2, -0.15) is 0 Å². The van der Waals surface area contributed by atoms with Crippen molar-refractivity contribution >= 4 is 0 Å². The minimum atomic E-state index is 1.13. The van der Waals surface area contributed by atoms with Gasteiger partial charge < -0.3 is 0 Å². The summed E-state index contributed by atoms with van der Waals surface area (Å²) in [6.45, 7) is 10.0. The van der Waals surface area contributed by atoms with E-state index in [0.717, 1.165) is 6.42 Å². The van der Waals surface area contributed by atoms with Gasteiger partial charge in [0.1, 0.15) is 0 Å². The molecule has 0 nitrogen and oxygen atoms in total. The van der Waals surface area contributed by atoms with Gasteiger partial charge in [0.25, 0.3) is 0 Å². The van der Waals surface area contributed by atoms with Crippen molar-refractivity contribution in [3.05, 3.63) is 36.0 Å². The Morgan fingerprint density at radius 2 is 1.90 bits per heavy atom. The van der Waals surface area contributed by atoms with Crippen molar-refractivity contribution in [3.63, 3.8) is 0 Å². The van der Waals surface area contributed by atoms with Gasteiger partial charge in [-0.3, -0.25) is 0 Å². The lowest BCUT2D eigenvalue weighted by molar-refractivity contribution is 1.10. The van der Waals surface area contributed by atoms with Crippen LogP contribution in [-0.2, 0) is 0 Å². The van der Waals surface area contributed by atoms with Crippen LogP contribution in [0.1, 0.15) is 27.2 Å². The summed E-state index contributed by atoms with van der Waals surface area (Å²) in [5.74, 6) is 0. The van der Waals surface area contributed by atoms with Crippen molar-refractivity contribution in [2.45, 2.75) is 27.2 Å². The summed E-state index contributed by atoms with van der Waals surface area (Å²) in [6, 6.07) is 0. The van der Waals surface area contributed by atoms with E-state index < -0.39 is 0 Å². The van der Waals surface area contributed by atoms with Crippen molar-refractivity contribution < 1.29 is 0 Å². The first-order valence-electron chi connectivity index (χ1n) is 3.67. The first kappa shape index (κ1) is 9.22. The fourth-order valence-electron chi connectivity index (χ4n) is 0.460. The molecule has 0 amide bonds. The second-order valence-corrected chi connectivity index (χ2v) is 2.48. The highest BCUT2D eigenvalue weighted by atomic mass is 13.9. The van der Waals surface area contributed by atoms with Crippen LogP contribution in [0.4, 0.5) is 0 Å². The Bertz CT molecular complexity index is 159. The lowest BCUT2D eigenvalue weighted by Crippen LogP contribution is -1.69. The number of hydrogen-bond donors (Lipinski definition) is 0. The van der Waals surface area contributed by atoms with Gasteiger partial charge >= 0.3 is 0 Å². The van der Waals surface area contributed by atoms with Gasteiger partial charge in [-0.1, -0.05) is 42.9 Å². The monoisotopic (exact) mass is 136 g/mol. The summed E-state index contributed by atoms with van der Waals surface area (Å²) in [5.41, 5.74) is 2.62. The molecule has 0 aliphatic rings.